The van der Waals surface area contributed by atoms with Gasteiger partial charge in [0.2, 0.25) is 0 Å². The molecule has 1 fully saturated rings. The summed E-state index contributed by atoms with van der Waals surface area (Å²) in [5.41, 5.74) is 7.03. The Morgan fingerprint density at radius 3 is 2.83 bits per heavy atom. The van der Waals surface area contributed by atoms with Crippen molar-refractivity contribution in [3.63, 3.8) is 0 Å². The van der Waals surface area contributed by atoms with Crippen molar-refractivity contribution in [3.05, 3.63) is 59.1 Å². The topological polar surface area (TPSA) is 87.4 Å². The molecule has 1 aliphatic rings. The number of benzene rings is 2. The zero-order valence-corrected chi connectivity index (χ0v) is 21.1. The maximum absolute atomic E-state index is 14.6. The minimum absolute atomic E-state index is 0.0262. The highest BCUT2D eigenvalue weighted by molar-refractivity contribution is 6.31. The molecular weight excluding hydrogens is 467 g/mol. The first-order chi connectivity index (χ1) is 16.7. The van der Waals surface area contributed by atoms with Crippen molar-refractivity contribution < 1.29 is 9.18 Å². The van der Waals surface area contributed by atoms with Gasteiger partial charge in [0, 0.05) is 31.6 Å². The van der Waals surface area contributed by atoms with Crippen molar-refractivity contribution >= 4 is 40.0 Å². The van der Waals surface area contributed by atoms with Gasteiger partial charge >= 0.3 is 6.03 Å². The summed E-state index contributed by atoms with van der Waals surface area (Å²) in [7, 11) is 0. The number of urea groups is 1. The second-order valence-electron chi connectivity index (χ2n) is 9.57. The predicted octanol–water partition coefficient (Wildman–Crippen LogP) is 5.51. The summed E-state index contributed by atoms with van der Waals surface area (Å²) in [4.78, 5) is 25.3. The fraction of sp³-hybridized carbons (Fsp3) is 0.423. The highest BCUT2D eigenvalue weighted by Crippen LogP contribution is 2.36. The van der Waals surface area contributed by atoms with E-state index in [0.717, 1.165) is 31.5 Å². The lowest BCUT2D eigenvalue weighted by molar-refractivity contribution is 0.0296. The van der Waals surface area contributed by atoms with Crippen molar-refractivity contribution in [1.29, 1.82) is 0 Å². The van der Waals surface area contributed by atoms with Crippen molar-refractivity contribution in [2.24, 2.45) is 11.7 Å². The Kier molecular flexibility index (Phi) is 7.42. The highest BCUT2D eigenvalue weighted by atomic mass is 35.5. The zero-order valence-electron chi connectivity index (χ0n) is 20.4. The quantitative estimate of drug-likeness (QED) is 0.448. The third kappa shape index (κ3) is 5.18. The molecule has 0 bridgehead atoms. The van der Waals surface area contributed by atoms with Crippen LogP contribution in [0.3, 0.4) is 0 Å². The monoisotopic (exact) mass is 498 g/mol. The van der Waals surface area contributed by atoms with Gasteiger partial charge in [0.15, 0.2) is 5.82 Å². The lowest BCUT2D eigenvalue weighted by Crippen LogP contribution is -2.62. The molecule has 0 spiro atoms. The Labute approximate surface area is 210 Å². The number of halogens is 2. The van der Waals surface area contributed by atoms with Gasteiger partial charge < -0.3 is 16.0 Å². The number of fused-ring (bicyclic) bond motifs is 1. The summed E-state index contributed by atoms with van der Waals surface area (Å²) < 4.78 is 14.6. The smallest absolute Gasteiger partial charge is 0.315 e. The maximum atomic E-state index is 14.6. The van der Waals surface area contributed by atoms with Gasteiger partial charge in [-0.25, -0.2) is 19.2 Å². The molecule has 3 aromatic rings. The Morgan fingerprint density at radius 1 is 1.29 bits per heavy atom. The fourth-order valence-electron chi connectivity index (χ4n) is 5.09. The van der Waals surface area contributed by atoms with Gasteiger partial charge in [-0.2, -0.15) is 0 Å². The Morgan fingerprint density at radius 2 is 2.09 bits per heavy atom. The van der Waals surface area contributed by atoms with Crippen LogP contribution in [-0.2, 0) is 5.54 Å². The molecule has 0 radical (unpaired) electrons. The van der Waals surface area contributed by atoms with Crippen LogP contribution < -0.4 is 11.1 Å². The number of piperazine rings is 1. The second-order valence-corrected chi connectivity index (χ2v) is 9.98. The number of hydrogen-bond acceptors (Lipinski definition) is 5. The van der Waals surface area contributed by atoms with Crippen LogP contribution in [-0.4, -0.2) is 52.0 Å². The number of rotatable bonds is 7. The number of primary amides is 1. The molecule has 1 saturated heterocycles. The minimum atomic E-state index is -0.640. The largest absolute Gasteiger partial charge is 0.351 e. The molecule has 0 aliphatic carbocycles. The van der Waals surface area contributed by atoms with Crippen LogP contribution in [0.1, 0.15) is 39.2 Å². The molecule has 0 saturated carbocycles. The van der Waals surface area contributed by atoms with Gasteiger partial charge in [-0.15, -0.1) is 0 Å². The number of nitrogens with zero attached hydrogens (tertiary/aromatic N) is 4. The van der Waals surface area contributed by atoms with E-state index in [2.05, 4.69) is 34.0 Å². The van der Waals surface area contributed by atoms with Gasteiger partial charge in [-0.05, 0) is 49.1 Å². The van der Waals surface area contributed by atoms with Gasteiger partial charge in [0.1, 0.15) is 12.1 Å². The number of nitrogens with two attached hydrogens (primary N) is 1. The van der Waals surface area contributed by atoms with Crippen LogP contribution in [0.2, 0.25) is 5.02 Å². The van der Waals surface area contributed by atoms with Crippen LogP contribution in [0.5, 0.6) is 0 Å². The van der Waals surface area contributed by atoms with Crippen molar-refractivity contribution in [2.45, 2.75) is 39.2 Å². The third-order valence-electron chi connectivity index (χ3n) is 6.85. The van der Waals surface area contributed by atoms with E-state index in [-0.39, 0.29) is 10.7 Å². The van der Waals surface area contributed by atoms with Crippen molar-refractivity contribution in [1.82, 2.24) is 19.8 Å². The van der Waals surface area contributed by atoms with E-state index in [9.17, 15) is 9.18 Å². The first-order valence-corrected chi connectivity index (χ1v) is 12.4. The van der Waals surface area contributed by atoms with E-state index in [0.29, 0.717) is 35.7 Å². The summed E-state index contributed by atoms with van der Waals surface area (Å²) in [6.45, 7) is 9.47. The molecule has 1 unspecified atom stereocenters. The van der Waals surface area contributed by atoms with Crippen LogP contribution in [0.25, 0.3) is 10.9 Å². The van der Waals surface area contributed by atoms with E-state index in [4.69, 9.17) is 17.3 Å². The fourth-order valence-corrected chi connectivity index (χ4v) is 5.26. The lowest BCUT2D eigenvalue weighted by atomic mass is 9.86. The molecule has 35 heavy (non-hydrogen) atoms. The summed E-state index contributed by atoms with van der Waals surface area (Å²) in [5.74, 6) is 0.474. The van der Waals surface area contributed by atoms with Gasteiger partial charge in [0.05, 0.1) is 21.8 Å². The standard InChI is InChI=1S/C26H32ClFN6O/c1-4-6-17(2)14-33-11-12-34(25(29)35)26(3,15-33)18-9-10-21-19(13-18)24(31-16-30-21)32-22-8-5-7-20(27)23(22)28/h5,7-10,13,16-17H,4,6,11-12,14-15H2,1-3H3,(H2,29,35)(H,30,31,32)/t17?,26-/m0/s1. The average Bonchev–Trinajstić information content (AvgIpc) is 2.82. The molecule has 4 rings (SSSR count). The number of nitrogens with one attached hydrogen (secondary N) is 1. The minimum Gasteiger partial charge on any atom is -0.351 e. The molecule has 2 aromatic carbocycles. The van der Waals surface area contributed by atoms with Gasteiger partial charge in [-0.1, -0.05) is 44.0 Å². The lowest BCUT2D eigenvalue weighted by Gasteiger charge is -2.49. The average molecular weight is 499 g/mol. The Bertz CT molecular complexity index is 1220. The normalized spacial score (nSPS) is 19.6. The predicted molar refractivity (Wildman–Crippen MR) is 138 cm³/mol. The van der Waals surface area contributed by atoms with Crippen LogP contribution in [0.4, 0.5) is 20.7 Å². The van der Waals surface area contributed by atoms with E-state index < -0.39 is 17.4 Å². The molecule has 3 N–H and O–H groups in total. The second kappa shape index (κ2) is 10.3. The number of carbonyl (C=O) groups excluding carboxylic acids is 1. The number of anilines is 2. The molecule has 1 aromatic heterocycles. The SMILES string of the molecule is CCCC(C)CN1CCN(C(N)=O)[C@](C)(c2ccc3ncnc(Nc4cccc(Cl)c4F)c3c2)C1. The van der Waals surface area contributed by atoms with E-state index in [1.54, 1.807) is 17.0 Å². The first kappa shape index (κ1) is 25.1. The maximum Gasteiger partial charge on any atom is 0.315 e. The summed E-state index contributed by atoms with van der Waals surface area (Å²) >= 11 is 5.96. The number of aromatic nitrogens is 2. The van der Waals surface area contributed by atoms with Crippen molar-refractivity contribution in [2.75, 3.05) is 31.5 Å². The third-order valence-corrected chi connectivity index (χ3v) is 7.14. The number of amides is 2. The molecule has 9 heteroatoms. The van der Waals surface area contributed by atoms with Gasteiger partial charge in [0.25, 0.3) is 0 Å². The van der Waals surface area contributed by atoms with Gasteiger partial charge in [-0.3, -0.25) is 4.90 Å². The van der Waals surface area contributed by atoms with Crippen LogP contribution >= 0.6 is 11.6 Å². The number of carbonyl (C=O) groups is 1. The molecule has 2 heterocycles. The Hall–Kier alpha value is -2.97. The molecule has 1 aliphatic heterocycles. The first-order valence-electron chi connectivity index (χ1n) is 12.0. The van der Waals surface area contributed by atoms with E-state index in [1.807, 2.05) is 25.1 Å². The van der Waals surface area contributed by atoms with Crippen LogP contribution in [0.15, 0.2) is 42.7 Å². The summed E-state index contributed by atoms with van der Waals surface area (Å²) in [6, 6.07) is 10.2. The highest BCUT2D eigenvalue weighted by Gasteiger charge is 2.41. The summed E-state index contributed by atoms with van der Waals surface area (Å²) in [5, 5.41) is 3.80. The van der Waals surface area contributed by atoms with E-state index >= 15 is 0 Å². The Balaban J connectivity index is 1.73. The zero-order chi connectivity index (χ0) is 25.2. The number of hydrogen-bond donors (Lipinski definition) is 2. The molecule has 2 amide bonds. The van der Waals surface area contributed by atoms with Crippen LogP contribution in [0, 0.1) is 11.7 Å². The molecule has 2 atom stereocenters. The van der Waals surface area contributed by atoms with Crippen molar-refractivity contribution in [3.8, 4) is 0 Å². The molecule has 186 valence electrons. The molecular formula is C26H32ClFN6O. The summed E-state index contributed by atoms with van der Waals surface area (Å²) in [6.07, 6.45) is 3.74. The molecule has 7 nitrogen and oxygen atoms in total. The van der Waals surface area contributed by atoms with E-state index in [1.165, 1.54) is 12.4 Å².